The fraction of sp³-hybridized carbons (Fsp3) is 0.167. The molecule has 3 N–H and O–H groups in total. The smallest absolute Gasteiger partial charge is 0.375 e. The van der Waals surface area contributed by atoms with Crippen LogP contribution < -0.4 is 11.1 Å². The maximum Gasteiger partial charge on any atom is 0.416 e. The predicted octanol–water partition coefficient (Wildman–Crippen LogP) is 3.15. The van der Waals surface area contributed by atoms with Crippen LogP contribution in [0, 0.1) is 0 Å². The van der Waals surface area contributed by atoms with E-state index in [-0.39, 0.29) is 16.7 Å². The van der Waals surface area contributed by atoms with Gasteiger partial charge in [0.25, 0.3) is 0 Å². The monoisotopic (exact) mass is 434 g/mol. The number of nitrogens with zero attached hydrogens (tertiary/aromatic N) is 6. The van der Waals surface area contributed by atoms with Gasteiger partial charge in [-0.3, -0.25) is 0 Å². The van der Waals surface area contributed by atoms with Gasteiger partial charge >= 0.3 is 6.18 Å². The highest BCUT2D eigenvalue weighted by molar-refractivity contribution is 7.80. The first kappa shape index (κ1) is 21.2. The fourth-order valence-corrected chi connectivity index (χ4v) is 2.48. The number of rotatable bonds is 5. The van der Waals surface area contributed by atoms with Crippen molar-refractivity contribution in [3.8, 4) is 11.4 Å². The summed E-state index contributed by atoms with van der Waals surface area (Å²) in [6.45, 7) is 0. The first-order valence-electron chi connectivity index (χ1n) is 8.50. The first-order chi connectivity index (χ1) is 14.1. The van der Waals surface area contributed by atoms with E-state index in [1.165, 1.54) is 23.4 Å². The lowest BCUT2D eigenvalue weighted by molar-refractivity contribution is -0.137. The van der Waals surface area contributed by atoms with Gasteiger partial charge in [-0.25, -0.2) is 20.0 Å². The summed E-state index contributed by atoms with van der Waals surface area (Å²) in [5.74, 6) is 0.0902. The van der Waals surface area contributed by atoms with Crippen molar-refractivity contribution in [2.75, 3.05) is 12.4 Å². The van der Waals surface area contributed by atoms with Crippen molar-refractivity contribution in [3.05, 3.63) is 54.1 Å². The Hall–Kier alpha value is -3.54. The van der Waals surface area contributed by atoms with Gasteiger partial charge in [-0.1, -0.05) is 6.07 Å². The third-order valence-corrected chi connectivity index (χ3v) is 4.22. The Balaban J connectivity index is 2.00. The summed E-state index contributed by atoms with van der Waals surface area (Å²) in [7, 11) is 3.36. The number of thiocarbonyl (C=S) groups is 1. The molecule has 2 aromatic heterocycles. The normalized spacial score (nSPS) is 11.6. The summed E-state index contributed by atoms with van der Waals surface area (Å²) in [6, 6.07) is 6.42. The van der Waals surface area contributed by atoms with Gasteiger partial charge in [0, 0.05) is 19.8 Å². The molecule has 30 heavy (non-hydrogen) atoms. The third kappa shape index (κ3) is 5.08. The number of aromatic nitrogens is 4. The second-order valence-electron chi connectivity index (χ2n) is 6.20. The standard InChI is InChI=1S/C18H17F3N8S/c1-28-10-23-9-15(28)14-7-13(8-24-29(2)16(22)30)26-17(27-14)25-12-5-3-4-11(6-12)18(19,20)21/h3-10H,1-2H3,(H2,22,30)(H,25,26,27)/b24-8+. The SMILES string of the molecule is CN(/N=C/c1cc(-c2cncn2C)nc(Nc2cccc(C(F)(F)F)c2)n1)C(N)=S. The summed E-state index contributed by atoms with van der Waals surface area (Å²) in [4.78, 5) is 12.8. The molecular formula is C18H17F3N8S. The van der Waals surface area contributed by atoms with E-state index in [4.69, 9.17) is 18.0 Å². The average Bonchev–Trinajstić information content (AvgIpc) is 3.11. The van der Waals surface area contributed by atoms with Gasteiger partial charge in [0.15, 0.2) is 5.11 Å². The van der Waals surface area contributed by atoms with Gasteiger partial charge in [0.05, 0.1) is 41.4 Å². The zero-order chi connectivity index (χ0) is 21.9. The van der Waals surface area contributed by atoms with Crippen LogP contribution in [-0.4, -0.2) is 42.9 Å². The second-order valence-corrected chi connectivity index (χ2v) is 6.62. The number of imidazole rings is 1. The fourth-order valence-electron chi connectivity index (χ4n) is 2.43. The summed E-state index contributed by atoms with van der Waals surface area (Å²) in [5, 5.41) is 8.24. The van der Waals surface area contributed by atoms with Crippen LogP contribution in [0.1, 0.15) is 11.3 Å². The zero-order valence-electron chi connectivity index (χ0n) is 15.9. The van der Waals surface area contributed by atoms with Gasteiger partial charge in [0.2, 0.25) is 5.95 Å². The molecule has 3 rings (SSSR count). The van der Waals surface area contributed by atoms with Crippen LogP contribution in [0.15, 0.2) is 48.0 Å². The number of anilines is 2. The number of nitrogens with one attached hydrogen (secondary N) is 1. The largest absolute Gasteiger partial charge is 0.416 e. The van der Waals surface area contributed by atoms with Crippen LogP contribution in [0.25, 0.3) is 11.4 Å². The summed E-state index contributed by atoms with van der Waals surface area (Å²) >= 11 is 4.84. The molecule has 0 atom stereocenters. The molecule has 0 aliphatic carbocycles. The second kappa shape index (κ2) is 8.45. The van der Waals surface area contributed by atoms with Crippen molar-refractivity contribution in [1.29, 1.82) is 0 Å². The number of aryl methyl sites for hydroxylation is 1. The number of benzene rings is 1. The van der Waals surface area contributed by atoms with Crippen LogP contribution >= 0.6 is 12.2 Å². The van der Waals surface area contributed by atoms with E-state index in [0.717, 1.165) is 12.1 Å². The molecular weight excluding hydrogens is 417 g/mol. The Morgan fingerprint density at radius 1 is 1.30 bits per heavy atom. The van der Waals surface area contributed by atoms with Crippen LogP contribution in [0.3, 0.4) is 0 Å². The Labute approximate surface area is 175 Å². The van der Waals surface area contributed by atoms with E-state index in [0.29, 0.717) is 17.1 Å². The summed E-state index contributed by atoms with van der Waals surface area (Å²) in [6.07, 6.45) is 0.167. The maximum atomic E-state index is 13.0. The van der Waals surface area contributed by atoms with Crippen LogP contribution in [-0.2, 0) is 13.2 Å². The predicted molar refractivity (Wildman–Crippen MR) is 111 cm³/mol. The molecule has 0 amide bonds. The molecule has 0 unspecified atom stereocenters. The minimum Gasteiger partial charge on any atom is -0.375 e. The molecule has 0 radical (unpaired) electrons. The number of alkyl halides is 3. The Bertz CT molecular complexity index is 1090. The minimum atomic E-state index is -4.46. The highest BCUT2D eigenvalue weighted by Gasteiger charge is 2.30. The van der Waals surface area contributed by atoms with E-state index in [1.54, 1.807) is 37.3 Å². The Morgan fingerprint density at radius 3 is 2.70 bits per heavy atom. The first-order valence-corrected chi connectivity index (χ1v) is 8.91. The third-order valence-electron chi connectivity index (χ3n) is 3.95. The van der Waals surface area contributed by atoms with Crippen molar-refractivity contribution in [2.24, 2.45) is 17.9 Å². The topological polar surface area (TPSA) is 97.2 Å². The quantitative estimate of drug-likeness (QED) is 0.362. The lowest BCUT2D eigenvalue weighted by Gasteiger charge is -2.12. The number of nitrogens with two attached hydrogens (primary N) is 1. The lowest BCUT2D eigenvalue weighted by atomic mass is 10.2. The number of hydrogen-bond donors (Lipinski definition) is 2. The van der Waals surface area contributed by atoms with E-state index in [9.17, 15) is 13.2 Å². The average molecular weight is 434 g/mol. The number of halogens is 3. The van der Waals surface area contributed by atoms with E-state index in [2.05, 4.69) is 25.4 Å². The van der Waals surface area contributed by atoms with Gasteiger partial charge in [-0.15, -0.1) is 0 Å². The molecule has 3 aromatic rings. The lowest BCUT2D eigenvalue weighted by Crippen LogP contribution is -2.27. The highest BCUT2D eigenvalue weighted by atomic mass is 32.1. The molecule has 8 nitrogen and oxygen atoms in total. The molecule has 0 saturated heterocycles. The van der Waals surface area contributed by atoms with E-state index in [1.807, 2.05) is 0 Å². The van der Waals surface area contributed by atoms with E-state index < -0.39 is 11.7 Å². The van der Waals surface area contributed by atoms with Crippen LogP contribution in [0.2, 0.25) is 0 Å². The molecule has 156 valence electrons. The number of hydrogen-bond acceptors (Lipinski definition) is 6. The molecule has 0 spiro atoms. The molecule has 0 saturated carbocycles. The Kier molecular flexibility index (Phi) is 5.96. The Morgan fingerprint density at radius 2 is 2.07 bits per heavy atom. The molecule has 12 heteroatoms. The van der Waals surface area contributed by atoms with Crippen molar-refractivity contribution in [2.45, 2.75) is 6.18 Å². The molecule has 2 heterocycles. The van der Waals surface area contributed by atoms with Crippen molar-refractivity contribution >= 4 is 35.2 Å². The molecule has 0 fully saturated rings. The van der Waals surface area contributed by atoms with Gasteiger partial charge < -0.3 is 15.6 Å². The highest BCUT2D eigenvalue weighted by Crippen LogP contribution is 2.31. The molecule has 1 aromatic carbocycles. The summed E-state index contributed by atoms with van der Waals surface area (Å²) < 4.78 is 40.7. The van der Waals surface area contributed by atoms with Gasteiger partial charge in [-0.2, -0.15) is 18.3 Å². The summed E-state index contributed by atoms with van der Waals surface area (Å²) in [5.41, 5.74) is 6.48. The van der Waals surface area contributed by atoms with Crippen LogP contribution in [0.5, 0.6) is 0 Å². The van der Waals surface area contributed by atoms with Crippen molar-refractivity contribution in [1.82, 2.24) is 24.5 Å². The number of hydrazone groups is 1. The maximum absolute atomic E-state index is 13.0. The van der Waals surface area contributed by atoms with E-state index >= 15 is 0 Å². The zero-order valence-corrected chi connectivity index (χ0v) is 16.7. The minimum absolute atomic E-state index is 0.0643. The molecule has 0 bridgehead atoms. The van der Waals surface area contributed by atoms with Gasteiger partial charge in [-0.05, 0) is 36.5 Å². The van der Waals surface area contributed by atoms with Crippen molar-refractivity contribution in [3.63, 3.8) is 0 Å². The van der Waals surface area contributed by atoms with Crippen LogP contribution in [0.4, 0.5) is 24.8 Å². The molecule has 0 aliphatic heterocycles. The molecule has 0 aliphatic rings. The van der Waals surface area contributed by atoms with Crippen molar-refractivity contribution < 1.29 is 13.2 Å². The van der Waals surface area contributed by atoms with Gasteiger partial charge in [0.1, 0.15) is 0 Å².